The molecule has 10 rings (SSSR count). The molecule has 0 unspecified atom stereocenters. The van der Waals surface area contributed by atoms with E-state index < -0.39 is 0 Å². The number of fused-ring (bicyclic) bond motifs is 4. The Balaban J connectivity index is 1.05. The van der Waals surface area contributed by atoms with Crippen LogP contribution in [0.25, 0.3) is 55.3 Å². The summed E-state index contributed by atoms with van der Waals surface area (Å²) >= 11 is 0. The summed E-state index contributed by atoms with van der Waals surface area (Å²) in [5.41, 5.74) is 17.6. The molecule has 7 aromatic carbocycles. The van der Waals surface area contributed by atoms with Crippen molar-refractivity contribution in [1.82, 2.24) is 0 Å². The van der Waals surface area contributed by atoms with Gasteiger partial charge in [-0.3, -0.25) is 0 Å². The van der Waals surface area contributed by atoms with Gasteiger partial charge in [0.15, 0.2) is 0 Å². The van der Waals surface area contributed by atoms with Gasteiger partial charge in [0.2, 0.25) is 0 Å². The molecule has 1 aromatic heterocycles. The molecule has 2 aliphatic rings. The van der Waals surface area contributed by atoms with Gasteiger partial charge in [-0.05, 0) is 125 Å². The standard InChI is InChI=1S/C52H45NO/c1-3-12-36(13-4-1)37-22-24-38(25-23-37)39-26-30-42(31-27-39)53(50-35-34-44(40-14-5-2-6-15-40)46-16-7-8-17-47(46)50)43-32-28-41(29-33-43)45-19-11-20-49-48-18-9-10-21-51(48)54-52(45)49/h1,3-4,9-13,18-35,40H,2,5-8,14-17H2. The number of furan rings is 1. The molecule has 0 radical (unpaired) electrons. The number of rotatable bonds is 7. The highest BCUT2D eigenvalue weighted by molar-refractivity contribution is 6.09. The third kappa shape index (κ3) is 6.00. The van der Waals surface area contributed by atoms with E-state index in [-0.39, 0.29) is 0 Å². The minimum Gasteiger partial charge on any atom is -0.455 e. The number of hydrogen-bond acceptors (Lipinski definition) is 2. The van der Waals surface area contributed by atoms with E-state index in [1.807, 2.05) is 6.07 Å². The van der Waals surface area contributed by atoms with Crippen LogP contribution in [0.1, 0.15) is 67.6 Å². The largest absolute Gasteiger partial charge is 0.455 e. The van der Waals surface area contributed by atoms with Gasteiger partial charge in [0.05, 0.1) is 0 Å². The Hall–Kier alpha value is -5.86. The second-order valence-corrected chi connectivity index (χ2v) is 15.3. The van der Waals surface area contributed by atoms with Crippen molar-refractivity contribution in [3.8, 4) is 33.4 Å². The summed E-state index contributed by atoms with van der Waals surface area (Å²) in [6, 6.07) is 57.7. The zero-order chi connectivity index (χ0) is 35.8. The molecule has 0 saturated heterocycles. The molecule has 2 nitrogen and oxygen atoms in total. The van der Waals surface area contributed by atoms with Gasteiger partial charge in [0.1, 0.15) is 11.2 Å². The first kappa shape index (κ1) is 32.8. The van der Waals surface area contributed by atoms with Crippen molar-refractivity contribution in [2.45, 2.75) is 63.7 Å². The fourth-order valence-corrected chi connectivity index (χ4v) is 9.36. The normalized spacial score (nSPS) is 14.7. The van der Waals surface area contributed by atoms with Gasteiger partial charge in [-0.1, -0.05) is 141 Å². The lowest BCUT2D eigenvalue weighted by molar-refractivity contribution is 0.440. The minimum atomic E-state index is 0.709. The van der Waals surface area contributed by atoms with E-state index in [4.69, 9.17) is 4.42 Å². The molecule has 1 saturated carbocycles. The van der Waals surface area contributed by atoms with Crippen LogP contribution in [0, 0.1) is 0 Å². The predicted molar refractivity (Wildman–Crippen MR) is 227 cm³/mol. The van der Waals surface area contributed by atoms with Crippen LogP contribution in [0.4, 0.5) is 17.1 Å². The van der Waals surface area contributed by atoms with Gasteiger partial charge >= 0.3 is 0 Å². The second-order valence-electron chi connectivity index (χ2n) is 15.3. The van der Waals surface area contributed by atoms with Crippen LogP contribution in [0.2, 0.25) is 0 Å². The van der Waals surface area contributed by atoms with Crippen LogP contribution in [0.3, 0.4) is 0 Å². The van der Waals surface area contributed by atoms with E-state index in [1.165, 1.54) is 90.7 Å². The average molecular weight is 700 g/mol. The van der Waals surface area contributed by atoms with Crippen LogP contribution in [0.5, 0.6) is 0 Å². The molecule has 0 amide bonds. The third-order valence-electron chi connectivity index (χ3n) is 12.1. The first-order chi connectivity index (χ1) is 26.8. The smallest absolute Gasteiger partial charge is 0.143 e. The molecular weight excluding hydrogens is 655 g/mol. The number of nitrogens with zero attached hydrogens (tertiary/aromatic N) is 1. The highest BCUT2D eigenvalue weighted by Crippen LogP contribution is 2.45. The molecule has 54 heavy (non-hydrogen) atoms. The van der Waals surface area contributed by atoms with Crippen molar-refractivity contribution < 1.29 is 4.42 Å². The highest BCUT2D eigenvalue weighted by Gasteiger charge is 2.26. The van der Waals surface area contributed by atoms with E-state index >= 15 is 0 Å². The molecule has 0 aliphatic heterocycles. The lowest BCUT2D eigenvalue weighted by Gasteiger charge is -2.33. The van der Waals surface area contributed by atoms with Crippen LogP contribution in [-0.4, -0.2) is 0 Å². The number of hydrogen-bond donors (Lipinski definition) is 0. The molecule has 2 aliphatic carbocycles. The Morgan fingerprint density at radius 3 is 1.70 bits per heavy atom. The summed E-state index contributed by atoms with van der Waals surface area (Å²) in [6.07, 6.45) is 11.7. The average Bonchev–Trinajstić information content (AvgIpc) is 3.64. The van der Waals surface area contributed by atoms with E-state index in [0.717, 1.165) is 39.5 Å². The fraction of sp³-hybridized carbons (Fsp3) is 0.192. The summed E-state index contributed by atoms with van der Waals surface area (Å²) in [4.78, 5) is 2.52. The fourth-order valence-electron chi connectivity index (χ4n) is 9.36. The summed E-state index contributed by atoms with van der Waals surface area (Å²) in [5, 5.41) is 2.32. The van der Waals surface area contributed by atoms with Crippen molar-refractivity contribution in [1.29, 1.82) is 0 Å². The maximum Gasteiger partial charge on any atom is 0.143 e. The summed E-state index contributed by atoms with van der Waals surface area (Å²) in [7, 11) is 0. The quantitative estimate of drug-likeness (QED) is 0.165. The number of benzene rings is 7. The van der Waals surface area contributed by atoms with Crippen LogP contribution < -0.4 is 4.90 Å². The number of para-hydroxylation sites is 2. The van der Waals surface area contributed by atoms with Crippen LogP contribution in [-0.2, 0) is 12.8 Å². The lowest BCUT2D eigenvalue weighted by atomic mass is 9.77. The first-order valence-electron chi connectivity index (χ1n) is 20.0. The maximum atomic E-state index is 6.44. The van der Waals surface area contributed by atoms with Crippen molar-refractivity contribution in [2.24, 2.45) is 0 Å². The predicted octanol–water partition coefficient (Wildman–Crippen LogP) is 15.0. The molecule has 0 atom stereocenters. The maximum absolute atomic E-state index is 6.44. The van der Waals surface area contributed by atoms with E-state index in [0.29, 0.717) is 5.92 Å². The summed E-state index contributed by atoms with van der Waals surface area (Å²) in [5.74, 6) is 0.709. The Morgan fingerprint density at radius 2 is 1.00 bits per heavy atom. The van der Waals surface area contributed by atoms with Gasteiger partial charge in [-0.15, -0.1) is 0 Å². The zero-order valence-electron chi connectivity index (χ0n) is 30.8. The van der Waals surface area contributed by atoms with Crippen molar-refractivity contribution >= 4 is 39.0 Å². The van der Waals surface area contributed by atoms with Crippen molar-refractivity contribution in [3.05, 3.63) is 174 Å². The molecule has 0 bridgehead atoms. The Labute approximate surface area is 318 Å². The van der Waals surface area contributed by atoms with E-state index in [2.05, 4.69) is 157 Å². The Bertz CT molecular complexity index is 2550. The van der Waals surface area contributed by atoms with Gasteiger partial charge in [-0.25, -0.2) is 0 Å². The molecule has 1 fully saturated rings. The van der Waals surface area contributed by atoms with Crippen LogP contribution >= 0.6 is 0 Å². The summed E-state index contributed by atoms with van der Waals surface area (Å²) in [6.45, 7) is 0. The Kier molecular flexibility index (Phi) is 8.60. The van der Waals surface area contributed by atoms with Gasteiger partial charge in [-0.2, -0.15) is 0 Å². The molecule has 8 aromatic rings. The number of anilines is 3. The SMILES string of the molecule is c1ccc(-c2ccc(-c3ccc(N(c4ccc(-c5cccc6c5oc5ccccc56)cc4)c4ccc(C5CCCCC5)c5c4CCCC5)cc3)cc2)cc1. The highest BCUT2D eigenvalue weighted by atomic mass is 16.3. The molecule has 0 N–H and O–H groups in total. The van der Waals surface area contributed by atoms with E-state index in [1.54, 1.807) is 16.7 Å². The Morgan fingerprint density at radius 1 is 0.426 bits per heavy atom. The third-order valence-corrected chi connectivity index (χ3v) is 12.1. The lowest BCUT2D eigenvalue weighted by Crippen LogP contribution is -2.18. The second kappa shape index (κ2) is 14.2. The van der Waals surface area contributed by atoms with Gasteiger partial charge < -0.3 is 9.32 Å². The molecule has 264 valence electrons. The molecular formula is C52H45NO. The van der Waals surface area contributed by atoms with Crippen molar-refractivity contribution in [3.63, 3.8) is 0 Å². The van der Waals surface area contributed by atoms with Gasteiger partial charge in [0, 0.05) is 33.4 Å². The van der Waals surface area contributed by atoms with Crippen LogP contribution in [0.15, 0.2) is 162 Å². The zero-order valence-corrected chi connectivity index (χ0v) is 30.8. The van der Waals surface area contributed by atoms with Gasteiger partial charge in [0.25, 0.3) is 0 Å². The molecule has 2 heteroatoms. The summed E-state index contributed by atoms with van der Waals surface area (Å²) < 4.78 is 6.44. The van der Waals surface area contributed by atoms with E-state index in [9.17, 15) is 0 Å². The molecule has 0 spiro atoms. The monoisotopic (exact) mass is 699 g/mol. The topological polar surface area (TPSA) is 16.4 Å². The van der Waals surface area contributed by atoms with Crippen molar-refractivity contribution in [2.75, 3.05) is 4.90 Å². The molecule has 1 heterocycles. The first-order valence-corrected chi connectivity index (χ1v) is 20.0. The minimum absolute atomic E-state index is 0.709.